The average molecular weight is 626 g/mol. The van der Waals surface area contributed by atoms with Crippen LogP contribution in [0, 0.1) is 0 Å². The Balaban J connectivity index is 0.00000166. The molecule has 42 heavy (non-hydrogen) atoms. The zero-order valence-corrected chi connectivity index (χ0v) is 26.8. The van der Waals surface area contributed by atoms with E-state index in [2.05, 4.69) is 52.0 Å². The summed E-state index contributed by atoms with van der Waals surface area (Å²) in [4.78, 5) is 27.4. The first-order chi connectivity index (χ1) is 19.4. The van der Waals surface area contributed by atoms with Crippen molar-refractivity contribution in [3.63, 3.8) is 0 Å². The van der Waals surface area contributed by atoms with E-state index in [0.29, 0.717) is 11.5 Å². The summed E-state index contributed by atoms with van der Waals surface area (Å²) in [6, 6.07) is 8.82. The summed E-state index contributed by atoms with van der Waals surface area (Å²) >= 11 is 0. The van der Waals surface area contributed by atoms with Gasteiger partial charge >= 0.3 is 16.8 Å². The van der Waals surface area contributed by atoms with Gasteiger partial charge in [-0.2, -0.15) is 0 Å². The molecule has 0 amide bonds. The zero-order chi connectivity index (χ0) is 30.9. The summed E-state index contributed by atoms with van der Waals surface area (Å²) in [7, 11) is 0. The Kier molecular flexibility index (Phi) is 19.1. The number of hydrogen-bond donors (Lipinski definition) is 2. The molecule has 1 fully saturated rings. The Morgan fingerprint density at radius 1 is 0.762 bits per heavy atom. The Labute approximate surface area is 261 Å². The van der Waals surface area contributed by atoms with Crippen molar-refractivity contribution in [2.24, 2.45) is 9.98 Å². The molecule has 9 heteroatoms. The topological polar surface area (TPSA) is 145 Å². The molecule has 233 valence electrons. The summed E-state index contributed by atoms with van der Waals surface area (Å²) in [5.41, 5.74) is 6.17. The van der Waals surface area contributed by atoms with Crippen LogP contribution >= 0.6 is 0 Å². The first-order valence-electron chi connectivity index (χ1n) is 14.6. The van der Waals surface area contributed by atoms with E-state index in [9.17, 15) is 10.2 Å². The van der Waals surface area contributed by atoms with Crippen LogP contribution in [0.5, 0.6) is 11.5 Å². The Bertz CT molecular complexity index is 1100. The van der Waals surface area contributed by atoms with Crippen LogP contribution in [-0.2, 0) is 52.1 Å². The summed E-state index contributed by atoms with van der Waals surface area (Å²) < 4.78 is 0. The van der Waals surface area contributed by atoms with Crippen LogP contribution in [0.25, 0.3) is 0 Å². The van der Waals surface area contributed by atoms with Gasteiger partial charge in [0.2, 0.25) is 0 Å². The molecule has 0 saturated heterocycles. The molecule has 2 atom stereocenters. The van der Waals surface area contributed by atoms with Crippen LogP contribution in [0.2, 0.25) is 0 Å². The molecular formula is C33H46CoN2O6. The maximum absolute atomic E-state index is 10.6. The van der Waals surface area contributed by atoms with Crippen LogP contribution in [-0.4, -0.2) is 46.7 Å². The van der Waals surface area contributed by atoms with Gasteiger partial charge in [0.15, 0.2) is 0 Å². The van der Waals surface area contributed by atoms with Gasteiger partial charge in [-0.15, -0.1) is 0 Å². The van der Waals surface area contributed by atoms with Crippen molar-refractivity contribution in [2.45, 2.75) is 111 Å². The molecule has 8 nitrogen and oxygen atoms in total. The number of aromatic hydroxyl groups is 2. The maximum atomic E-state index is 10.6. The zero-order valence-electron chi connectivity index (χ0n) is 25.7. The third-order valence-electron chi connectivity index (χ3n) is 6.62. The first-order valence-corrected chi connectivity index (χ1v) is 14.6. The fourth-order valence-electron chi connectivity index (χ4n) is 4.75. The molecule has 2 unspecified atom stereocenters. The minimum absolute atomic E-state index is 0. The van der Waals surface area contributed by atoms with Crippen LogP contribution in [0.15, 0.2) is 34.3 Å². The SMILES string of the molecule is CC(=O)[O-].CC(=O)[O-].CCCc1cc(C=NC2CCC(N=Cc3cc(CCC)cc(CC)c3O)C2)c(O)c(CC)c1.[Co+2]. The molecule has 3 rings (SSSR count). The molecule has 1 radical (unpaired) electrons. The van der Waals surface area contributed by atoms with Crippen LogP contribution in [0.1, 0.15) is 107 Å². The number of aryl methyl sites for hydroxylation is 4. The number of phenolic OH excluding ortho intramolecular Hbond substituents is 2. The number of benzene rings is 2. The van der Waals surface area contributed by atoms with E-state index in [-0.39, 0.29) is 28.9 Å². The van der Waals surface area contributed by atoms with Crippen molar-refractivity contribution in [3.8, 4) is 11.5 Å². The van der Waals surface area contributed by atoms with E-state index >= 15 is 0 Å². The number of aliphatic carboxylic acids is 2. The van der Waals surface area contributed by atoms with Crippen molar-refractivity contribution < 1.29 is 46.8 Å². The van der Waals surface area contributed by atoms with Gasteiger partial charge < -0.3 is 30.0 Å². The second-order valence-corrected chi connectivity index (χ2v) is 10.3. The molecule has 2 N–H and O–H groups in total. The van der Waals surface area contributed by atoms with E-state index in [1.165, 1.54) is 11.1 Å². The Morgan fingerprint density at radius 3 is 1.38 bits per heavy atom. The largest absolute Gasteiger partial charge is 2.00 e. The standard InChI is InChI=1S/C29H40N2O2.2C2H4O2.Co/c1-5-9-20-13-22(7-3)28(32)24(15-20)18-30-26-11-12-27(17-26)31-19-25-16-21(10-6-2)14-23(8-4)29(25)33;2*1-2(3)4;/h13-16,18-19,26-27,32-33H,5-12,17H2,1-4H3;2*1H3,(H,3,4);/q;;;+2/p-2. The summed E-state index contributed by atoms with van der Waals surface area (Å²) in [5.74, 6) is -1.44. The van der Waals surface area contributed by atoms with Crippen molar-refractivity contribution in [2.75, 3.05) is 0 Å². The molecule has 1 aliphatic carbocycles. The quantitative estimate of drug-likeness (QED) is 0.381. The van der Waals surface area contributed by atoms with Gasteiger partial charge in [0.05, 0.1) is 12.1 Å². The van der Waals surface area contributed by atoms with Crippen molar-refractivity contribution in [3.05, 3.63) is 57.6 Å². The number of aliphatic imine (C=N–C) groups is 2. The Hall–Kier alpha value is -3.17. The number of carboxylic acid groups (broad SMARTS) is 2. The smallest absolute Gasteiger partial charge is 0.550 e. The predicted octanol–water partition coefficient (Wildman–Crippen LogP) is 4.10. The molecule has 0 aliphatic heterocycles. The third kappa shape index (κ3) is 14.1. The molecule has 0 bridgehead atoms. The molecule has 2 aromatic carbocycles. The van der Waals surface area contributed by atoms with Crippen molar-refractivity contribution in [1.82, 2.24) is 0 Å². The normalized spacial score (nSPS) is 15.9. The molecule has 0 aromatic heterocycles. The fourth-order valence-corrected chi connectivity index (χ4v) is 4.75. The van der Waals surface area contributed by atoms with Gasteiger partial charge in [0.25, 0.3) is 0 Å². The van der Waals surface area contributed by atoms with Gasteiger partial charge in [-0.05, 0) is 93.2 Å². The number of carbonyl (C=O) groups excluding carboxylic acids is 2. The number of carboxylic acids is 2. The van der Waals surface area contributed by atoms with Crippen LogP contribution < -0.4 is 10.2 Å². The maximum Gasteiger partial charge on any atom is 2.00 e. The minimum atomic E-state index is -1.08. The summed E-state index contributed by atoms with van der Waals surface area (Å²) in [6.45, 7) is 10.4. The summed E-state index contributed by atoms with van der Waals surface area (Å²) in [6.07, 6.45) is 12.4. The second-order valence-electron chi connectivity index (χ2n) is 10.3. The van der Waals surface area contributed by atoms with Gasteiger partial charge in [0.1, 0.15) is 11.5 Å². The van der Waals surface area contributed by atoms with Gasteiger partial charge in [-0.25, -0.2) is 0 Å². The summed E-state index contributed by atoms with van der Waals surface area (Å²) in [5, 5.41) is 39.0. The molecule has 0 spiro atoms. The number of phenols is 2. The Morgan fingerprint density at radius 2 is 1.10 bits per heavy atom. The van der Waals surface area contributed by atoms with E-state index in [1.807, 2.05) is 12.4 Å². The van der Waals surface area contributed by atoms with Crippen LogP contribution in [0.3, 0.4) is 0 Å². The van der Waals surface area contributed by atoms with Gasteiger partial charge in [-0.3, -0.25) is 9.98 Å². The van der Waals surface area contributed by atoms with E-state index in [1.54, 1.807) is 0 Å². The van der Waals surface area contributed by atoms with E-state index < -0.39 is 11.9 Å². The second kappa shape index (κ2) is 20.7. The number of carbonyl (C=O) groups is 2. The molecule has 0 heterocycles. The van der Waals surface area contributed by atoms with Crippen molar-refractivity contribution >= 4 is 24.4 Å². The first kappa shape index (κ1) is 38.8. The monoisotopic (exact) mass is 625 g/mol. The number of rotatable bonds is 10. The van der Waals surface area contributed by atoms with Gasteiger partial charge in [0, 0.05) is 35.5 Å². The average Bonchev–Trinajstić information content (AvgIpc) is 3.36. The van der Waals surface area contributed by atoms with Gasteiger partial charge in [-0.1, -0.05) is 52.7 Å². The van der Waals surface area contributed by atoms with Crippen LogP contribution in [0.4, 0.5) is 0 Å². The molecular weight excluding hydrogens is 579 g/mol. The van der Waals surface area contributed by atoms with E-state index in [0.717, 1.165) is 93.9 Å². The van der Waals surface area contributed by atoms with Crippen molar-refractivity contribution in [1.29, 1.82) is 0 Å². The number of hydrogen-bond acceptors (Lipinski definition) is 8. The molecule has 1 aliphatic rings. The fraction of sp³-hybridized carbons (Fsp3) is 0.515. The molecule has 2 aromatic rings. The third-order valence-corrected chi connectivity index (χ3v) is 6.62. The number of nitrogens with zero attached hydrogens (tertiary/aromatic N) is 2. The minimum Gasteiger partial charge on any atom is -0.550 e. The molecule has 1 saturated carbocycles. The van der Waals surface area contributed by atoms with E-state index in [4.69, 9.17) is 29.8 Å². The predicted molar refractivity (Wildman–Crippen MR) is 161 cm³/mol.